The molecule has 4 nitrogen and oxygen atoms in total. The second-order valence-electron chi connectivity index (χ2n) is 4.76. The molecule has 1 aromatic carbocycles. The molecule has 0 saturated carbocycles. The minimum absolute atomic E-state index is 0.243. The van der Waals surface area contributed by atoms with Gasteiger partial charge in [0.05, 0.1) is 38.0 Å². The maximum Gasteiger partial charge on any atom is 0.432 e. The summed E-state index contributed by atoms with van der Waals surface area (Å²) in [7, 11) is 0. The Hall–Kier alpha value is -1.93. The van der Waals surface area contributed by atoms with E-state index in [4.69, 9.17) is 16.9 Å². The van der Waals surface area contributed by atoms with Crippen molar-refractivity contribution in [1.82, 2.24) is 3.93 Å². The number of rotatable bonds is 1. The number of carbonyl (C=O) groups is 1. The number of carbonyl (C=O) groups excluding carboxylic acids is 1. The lowest BCUT2D eigenvalue weighted by Gasteiger charge is -2.34. The van der Waals surface area contributed by atoms with Gasteiger partial charge in [0.1, 0.15) is 18.4 Å². The second-order valence-corrected chi connectivity index (χ2v) is 6.02. The first-order valence-corrected chi connectivity index (χ1v) is 7.29. The topological polar surface area (TPSA) is 47.3 Å². The van der Waals surface area contributed by atoms with E-state index in [2.05, 4.69) is 16.1 Å². The summed E-state index contributed by atoms with van der Waals surface area (Å²) in [6.07, 6.45) is -9.37. The minimum Gasteiger partial charge on any atom is -0.287 e. The van der Waals surface area contributed by atoms with Crippen LogP contribution >= 0.6 is 27.7 Å². The summed E-state index contributed by atoms with van der Waals surface area (Å²) in [5.74, 6) is -1.18. The predicted molar refractivity (Wildman–Crippen MR) is 78.4 cm³/mol. The third kappa shape index (κ3) is 3.85. The zero-order valence-electron chi connectivity index (χ0n) is 11.7. The van der Waals surface area contributed by atoms with Crippen LogP contribution in [0.25, 0.3) is 0 Å². The van der Waals surface area contributed by atoms with E-state index in [-0.39, 0.29) is 6.08 Å². The number of anilines is 1. The molecule has 1 aromatic rings. The molecule has 0 atom stereocenters. The van der Waals surface area contributed by atoms with Crippen LogP contribution in [0, 0.1) is 11.3 Å². The summed E-state index contributed by atoms with van der Waals surface area (Å²) < 4.78 is 77.2. The Kier molecular flexibility index (Phi) is 4.98. The summed E-state index contributed by atoms with van der Waals surface area (Å²) in [4.78, 5) is 12.7. The van der Waals surface area contributed by atoms with Crippen molar-refractivity contribution in [2.75, 3.05) is 11.6 Å². The van der Waals surface area contributed by atoms with E-state index in [9.17, 15) is 31.1 Å². The molecule has 0 N–H and O–H groups in total. The SMILES string of the molecule is N#Cc1cc(C(F)(F)F)cc(Cl)c1N1CN(Br)C(C(F)(F)F)=CC1=O. The highest BCUT2D eigenvalue weighted by molar-refractivity contribution is 9.07. The first kappa shape index (κ1) is 19.4. The number of allylic oxidation sites excluding steroid dienone is 1. The molecule has 134 valence electrons. The minimum atomic E-state index is -4.83. The van der Waals surface area contributed by atoms with Crippen LogP contribution in [0.15, 0.2) is 23.9 Å². The third-order valence-electron chi connectivity index (χ3n) is 3.12. The Morgan fingerprint density at radius 2 is 1.76 bits per heavy atom. The molecule has 2 rings (SSSR count). The van der Waals surface area contributed by atoms with Crippen LogP contribution < -0.4 is 4.90 Å². The molecule has 0 aromatic heterocycles. The average molecular weight is 449 g/mol. The molecule has 0 saturated heterocycles. The molecule has 0 aliphatic carbocycles. The van der Waals surface area contributed by atoms with Gasteiger partial charge in [-0.1, -0.05) is 11.6 Å². The van der Waals surface area contributed by atoms with Crippen LogP contribution in [0.4, 0.5) is 32.0 Å². The van der Waals surface area contributed by atoms with Gasteiger partial charge in [-0.3, -0.25) is 13.6 Å². The number of hydrogen-bond donors (Lipinski definition) is 0. The summed E-state index contributed by atoms with van der Waals surface area (Å²) >= 11 is 8.39. The molecule has 0 unspecified atom stereocenters. The number of benzene rings is 1. The number of amides is 1. The monoisotopic (exact) mass is 447 g/mol. The highest BCUT2D eigenvalue weighted by Crippen LogP contribution is 2.40. The molecule has 1 heterocycles. The van der Waals surface area contributed by atoms with Crippen molar-refractivity contribution in [2.45, 2.75) is 12.4 Å². The number of alkyl halides is 6. The first-order chi connectivity index (χ1) is 11.4. The average Bonchev–Trinajstić information content (AvgIpc) is 2.46. The maximum atomic E-state index is 12.8. The third-order valence-corrected chi connectivity index (χ3v) is 4.02. The number of nitriles is 1. The van der Waals surface area contributed by atoms with E-state index in [0.29, 0.717) is 21.0 Å². The number of halogens is 8. The van der Waals surface area contributed by atoms with Gasteiger partial charge in [0.15, 0.2) is 0 Å². The maximum absolute atomic E-state index is 12.8. The Bertz CT molecular complexity index is 799. The van der Waals surface area contributed by atoms with Gasteiger partial charge in [0.25, 0.3) is 5.91 Å². The van der Waals surface area contributed by atoms with E-state index in [1.165, 1.54) is 6.07 Å². The van der Waals surface area contributed by atoms with Crippen molar-refractivity contribution < 1.29 is 31.1 Å². The lowest BCUT2D eigenvalue weighted by molar-refractivity contribution is -0.137. The molecule has 0 bridgehead atoms. The largest absolute Gasteiger partial charge is 0.432 e. The van der Waals surface area contributed by atoms with E-state index >= 15 is 0 Å². The number of nitrogens with zero attached hydrogens (tertiary/aromatic N) is 3. The molecule has 25 heavy (non-hydrogen) atoms. The summed E-state index contributed by atoms with van der Waals surface area (Å²) in [6, 6.07) is 2.43. The van der Waals surface area contributed by atoms with Crippen molar-refractivity contribution in [3.63, 3.8) is 0 Å². The highest BCUT2D eigenvalue weighted by atomic mass is 79.9. The van der Waals surface area contributed by atoms with Gasteiger partial charge in [0, 0.05) is 6.08 Å². The van der Waals surface area contributed by atoms with Gasteiger partial charge in [-0.05, 0) is 12.1 Å². The molecule has 12 heteroatoms. The Morgan fingerprint density at radius 1 is 1.16 bits per heavy atom. The van der Waals surface area contributed by atoms with Gasteiger partial charge in [-0.25, -0.2) is 0 Å². The summed E-state index contributed by atoms with van der Waals surface area (Å²) in [5.41, 5.74) is -3.53. The van der Waals surface area contributed by atoms with Gasteiger partial charge in [0.2, 0.25) is 0 Å². The Balaban J connectivity index is 2.56. The predicted octanol–water partition coefficient (Wildman–Crippen LogP) is 4.59. The van der Waals surface area contributed by atoms with E-state index < -0.39 is 52.5 Å². The van der Waals surface area contributed by atoms with Crippen molar-refractivity contribution >= 4 is 39.3 Å². The van der Waals surface area contributed by atoms with E-state index in [1.807, 2.05) is 0 Å². The van der Waals surface area contributed by atoms with Crippen LogP contribution in [0.2, 0.25) is 5.02 Å². The van der Waals surface area contributed by atoms with Crippen LogP contribution in [0.3, 0.4) is 0 Å². The van der Waals surface area contributed by atoms with Crippen molar-refractivity contribution in [3.8, 4) is 6.07 Å². The first-order valence-electron chi connectivity index (χ1n) is 6.20. The molecule has 1 aliphatic rings. The van der Waals surface area contributed by atoms with Crippen LogP contribution in [-0.2, 0) is 11.0 Å². The van der Waals surface area contributed by atoms with Gasteiger partial charge in [-0.15, -0.1) is 0 Å². The summed E-state index contributed by atoms with van der Waals surface area (Å²) in [5, 5.41) is 8.47. The molecule has 0 fully saturated rings. The molecule has 1 amide bonds. The fraction of sp³-hybridized carbons (Fsp3) is 0.231. The standard InChI is InChI=1S/C13H5BrClF6N3O/c14-24-5-23(10(25)3-9(24)13(19,20)21)11-6(4-22)1-7(2-8(11)15)12(16,17)18/h1-3H,5H2. The molecule has 1 aliphatic heterocycles. The lowest BCUT2D eigenvalue weighted by Crippen LogP contribution is -2.44. The molecular formula is C13H5BrClF6N3O. The normalized spacial score (nSPS) is 16.0. The molecule has 0 radical (unpaired) electrons. The smallest absolute Gasteiger partial charge is 0.287 e. The van der Waals surface area contributed by atoms with Gasteiger partial charge < -0.3 is 0 Å². The Labute approximate surface area is 150 Å². The van der Waals surface area contributed by atoms with Gasteiger partial charge in [-0.2, -0.15) is 31.6 Å². The van der Waals surface area contributed by atoms with E-state index in [0.717, 1.165) is 0 Å². The van der Waals surface area contributed by atoms with Crippen molar-refractivity contribution in [3.05, 3.63) is 40.1 Å². The lowest BCUT2D eigenvalue weighted by atomic mass is 10.1. The van der Waals surface area contributed by atoms with Crippen LogP contribution in [0.1, 0.15) is 11.1 Å². The van der Waals surface area contributed by atoms with Gasteiger partial charge >= 0.3 is 12.4 Å². The number of hydrogen-bond acceptors (Lipinski definition) is 3. The highest BCUT2D eigenvalue weighted by Gasteiger charge is 2.42. The molecule has 0 spiro atoms. The van der Waals surface area contributed by atoms with Crippen molar-refractivity contribution in [1.29, 1.82) is 5.26 Å². The quantitative estimate of drug-likeness (QED) is 0.466. The van der Waals surface area contributed by atoms with Crippen molar-refractivity contribution in [2.24, 2.45) is 0 Å². The summed E-state index contributed by atoms with van der Waals surface area (Å²) in [6.45, 7) is -0.718. The fourth-order valence-electron chi connectivity index (χ4n) is 2.06. The fourth-order valence-corrected chi connectivity index (χ4v) is 2.91. The van der Waals surface area contributed by atoms with E-state index in [1.54, 1.807) is 0 Å². The van der Waals surface area contributed by atoms with Crippen LogP contribution in [-0.4, -0.2) is 22.7 Å². The Morgan fingerprint density at radius 3 is 2.24 bits per heavy atom. The zero-order chi connectivity index (χ0) is 19.2. The second kappa shape index (κ2) is 6.42. The zero-order valence-corrected chi connectivity index (χ0v) is 14.1. The van der Waals surface area contributed by atoms with Crippen LogP contribution in [0.5, 0.6) is 0 Å². The molecular weight excluding hydrogens is 444 g/mol.